The summed E-state index contributed by atoms with van der Waals surface area (Å²) >= 11 is 3.46. The highest BCUT2D eigenvalue weighted by molar-refractivity contribution is 9.12. The van der Waals surface area contributed by atoms with Crippen molar-refractivity contribution in [3.05, 3.63) is 51.8 Å². The number of nitrogens with one attached hydrogen (secondary N) is 2. The molecule has 1 rings (SSSR count). The number of allylic oxidation sites excluding steroid dienone is 4. The summed E-state index contributed by atoms with van der Waals surface area (Å²) in [5.41, 5.74) is 3.11. The quantitative estimate of drug-likeness (QED) is 0.469. The lowest BCUT2D eigenvalue weighted by Gasteiger charge is -2.10. The molecule has 1 aromatic carbocycles. The highest BCUT2D eigenvalue weighted by Crippen LogP contribution is 2.20. The minimum Gasteiger partial charge on any atom is -0.507 e. The van der Waals surface area contributed by atoms with E-state index in [1.54, 1.807) is 25.4 Å². The van der Waals surface area contributed by atoms with Crippen LogP contribution in [0.2, 0.25) is 0 Å². The average molecular weight is 393 g/mol. The van der Waals surface area contributed by atoms with E-state index >= 15 is 0 Å². The van der Waals surface area contributed by atoms with Crippen molar-refractivity contribution >= 4 is 27.9 Å². The van der Waals surface area contributed by atoms with Gasteiger partial charge in [0, 0.05) is 37.6 Å². The molecule has 0 radical (unpaired) electrons. The van der Waals surface area contributed by atoms with E-state index in [9.17, 15) is 5.11 Å². The van der Waals surface area contributed by atoms with Crippen LogP contribution in [0.3, 0.4) is 0 Å². The molecule has 0 saturated carbocycles. The van der Waals surface area contributed by atoms with Gasteiger partial charge in [-0.15, -0.1) is 0 Å². The fourth-order valence-corrected chi connectivity index (χ4v) is 2.24. The third-order valence-corrected chi connectivity index (χ3v) is 3.97. The molecule has 0 heterocycles. The summed E-state index contributed by atoms with van der Waals surface area (Å²) in [6.07, 6.45) is 3.63. The summed E-state index contributed by atoms with van der Waals surface area (Å²) in [6, 6.07) is 7.18. The molecule has 130 valence electrons. The maximum absolute atomic E-state index is 10.2. The molecule has 6 heteroatoms. The third-order valence-electron chi connectivity index (χ3n) is 3.19. The van der Waals surface area contributed by atoms with Crippen LogP contribution in [0.5, 0.6) is 5.75 Å². The number of aromatic hydroxyl groups is 1. The van der Waals surface area contributed by atoms with Crippen molar-refractivity contribution in [1.29, 1.82) is 0 Å². The van der Waals surface area contributed by atoms with Crippen LogP contribution in [-0.2, 0) is 0 Å². The van der Waals surface area contributed by atoms with Gasteiger partial charge in [-0.05, 0) is 55.0 Å². The number of rotatable bonds is 8. The van der Waals surface area contributed by atoms with E-state index in [0.717, 1.165) is 29.0 Å². The van der Waals surface area contributed by atoms with E-state index in [2.05, 4.69) is 36.5 Å². The van der Waals surface area contributed by atoms with Crippen molar-refractivity contribution in [3.8, 4) is 5.75 Å². The number of para-hydroxylation sites is 1. The minimum absolute atomic E-state index is 0.198. The Morgan fingerprint density at radius 3 is 2.58 bits per heavy atom. The van der Waals surface area contributed by atoms with Crippen LogP contribution >= 0.6 is 15.9 Å². The van der Waals surface area contributed by atoms with E-state index in [1.807, 2.05) is 39.1 Å². The van der Waals surface area contributed by atoms with Crippen molar-refractivity contribution in [1.82, 2.24) is 10.6 Å². The number of nitrogens with zero attached hydrogens (tertiary/aromatic N) is 2. The van der Waals surface area contributed by atoms with Crippen LogP contribution in [0.4, 0.5) is 0 Å². The topological polar surface area (TPSA) is 69.0 Å². The number of phenolic OH excluding ortho intramolecular Hbond substituents is 1. The SMILES string of the molecule is CN=C/C(Br)=C(C)/N=C(\C=C(/C)NCCNC)c1ccccc1O. The zero-order valence-electron chi connectivity index (χ0n) is 14.6. The van der Waals surface area contributed by atoms with E-state index in [1.165, 1.54) is 0 Å². The molecule has 1 aromatic rings. The van der Waals surface area contributed by atoms with Gasteiger partial charge in [-0.1, -0.05) is 12.1 Å². The first-order chi connectivity index (χ1) is 11.5. The summed E-state index contributed by atoms with van der Waals surface area (Å²) < 4.78 is 0.798. The van der Waals surface area contributed by atoms with Gasteiger partial charge in [0.15, 0.2) is 0 Å². The standard InChI is InChI=1S/C18H25BrN4O/c1-13(22-10-9-20-3)11-17(15-7-5-6-8-18(15)24)23-14(2)16(19)12-21-4/h5-8,11-12,20,22,24H,9-10H2,1-4H3/b13-11+,16-14-,21-12?,23-17+. The van der Waals surface area contributed by atoms with Gasteiger partial charge >= 0.3 is 0 Å². The Labute approximate surface area is 152 Å². The number of hydrogen-bond acceptors (Lipinski definition) is 5. The fraction of sp³-hybridized carbons (Fsp3) is 0.333. The smallest absolute Gasteiger partial charge is 0.124 e. The zero-order valence-corrected chi connectivity index (χ0v) is 16.2. The second kappa shape index (κ2) is 10.8. The molecule has 5 nitrogen and oxygen atoms in total. The first kappa shape index (κ1) is 20.1. The lowest BCUT2D eigenvalue weighted by atomic mass is 10.1. The van der Waals surface area contributed by atoms with Gasteiger partial charge in [-0.2, -0.15) is 0 Å². The maximum Gasteiger partial charge on any atom is 0.124 e. The fourth-order valence-electron chi connectivity index (χ4n) is 1.94. The van der Waals surface area contributed by atoms with Gasteiger partial charge in [-0.3, -0.25) is 9.98 Å². The molecule has 3 N–H and O–H groups in total. The average Bonchev–Trinajstić information content (AvgIpc) is 2.55. The van der Waals surface area contributed by atoms with Gasteiger partial charge in [-0.25, -0.2) is 0 Å². The molecule has 0 amide bonds. The van der Waals surface area contributed by atoms with Crippen LogP contribution in [-0.4, -0.2) is 44.2 Å². The second-order valence-electron chi connectivity index (χ2n) is 5.19. The number of hydrogen-bond donors (Lipinski definition) is 3. The number of phenols is 1. The first-order valence-corrected chi connectivity index (χ1v) is 8.51. The Balaban J connectivity index is 3.25. The molecule has 0 atom stereocenters. The number of benzene rings is 1. The molecule has 0 spiro atoms. The first-order valence-electron chi connectivity index (χ1n) is 7.72. The van der Waals surface area contributed by atoms with Crippen molar-refractivity contribution < 1.29 is 5.11 Å². The summed E-state index contributed by atoms with van der Waals surface area (Å²) in [6.45, 7) is 5.55. The number of halogens is 1. The number of likely N-dealkylation sites (N-methyl/N-ethyl adjacent to an activating group) is 1. The van der Waals surface area contributed by atoms with Crippen molar-refractivity contribution in [2.75, 3.05) is 27.2 Å². The van der Waals surface area contributed by atoms with Crippen LogP contribution in [0.15, 0.2) is 56.2 Å². The summed E-state index contributed by atoms with van der Waals surface area (Å²) in [5.74, 6) is 0.198. The molecule has 0 fully saturated rings. The normalized spacial score (nSPS) is 14.0. The van der Waals surface area contributed by atoms with Crippen molar-refractivity contribution in [2.45, 2.75) is 13.8 Å². The monoisotopic (exact) mass is 392 g/mol. The van der Waals surface area contributed by atoms with Crippen LogP contribution in [0.1, 0.15) is 19.4 Å². The Kier molecular flexibility index (Phi) is 9.04. The van der Waals surface area contributed by atoms with Crippen LogP contribution in [0, 0.1) is 0 Å². The van der Waals surface area contributed by atoms with Crippen LogP contribution < -0.4 is 10.6 Å². The molecular formula is C18H25BrN4O. The van der Waals surface area contributed by atoms with Crippen LogP contribution in [0.25, 0.3) is 0 Å². The Morgan fingerprint density at radius 1 is 1.25 bits per heavy atom. The van der Waals surface area contributed by atoms with E-state index in [-0.39, 0.29) is 5.75 Å². The second-order valence-corrected chi connectivity index (χ2v) is 6.05. The van der Waals surface area contributed by atoms with E-state index < -0.39 is 0 Å². The summed E-state index contributed by atoms with van der Waals surface area (Å²) in [4.78, 5) is 8.64. The predicted molar refractivity (Wildman–Crippen MR) is 106 cm³/mol. The van der Waals surface area contributed by atoms with Gasteiger partial charge in [0.2, 0.25) is 0 Å². The van der Waals surface area contributed by atoms with Crippen molar-refractivity contribution in [2.24, 2.45) is 9.98 Å². The molecule has 0 bridgehead atoms. The minimum atomic E-state index is 0.198. The molecule has 24 heavy (non-hydrogen) atoms. The van der Waals surface area contributed by atoms with E-state index in [4.69, 9.17) is 0 Å². The van der Waals surface area contributed by atoms with E-state index in [0.29, 0.717) is 11.3 Å². The summed E-state index contributed by atoms with van der Waals surface area (Å²) in [7, 11) is 3.62. The van der Waals surface area contributed by atoms with Gasteiger partial charge in [0.25, 0.3) is 0 Å². The molecule has 0 aliphatic rings. The summed E-state index contributed by atoms with van der Waals surface area (Å²) in [5, 5.41) is 16.6. The van der Waals surface area contributed by atoms with Crippen molar-refractivity contribution in [3.63, 3.8) is 0 Å². The molecule has 0 unspecified atom stereocenters. The molecule has 0 aliphatic heterocycles. The molecular weight excluding hydrogens is 368 g/mol. The Hall–Kier alpha value is -1.92. The maximum atomic E-state index is 10.2. The highest BCUT2D eigenvalue weighted by atomic mass is 79.9. The number of aliphatic imine (C=N–C) groups is 2. The zero-order chi connectivity index (χ0) is 17.9. The molecule has 0 aliphatic carbocycles. The van der Waals surface area contributed by atoms with Gasteiger partial charge < -0.3 is 15.7 Å². The molecule has 0 saturated heterocycles. The third kappa shape index (κ3) is 6.68. The van der Waals surface area contributed by atoms with Gasteiger partial charge in [0.1, 0.15) is 5.75 Å². The lowest BCUT2D eigenvalue weighted by Crippen LogP contribution is -2.24. The predicted octanol–water partition coefficient (Wildman–Crippen LogP) is 3.22. The lowest BCUT2D eigenvalue weighted by molar-refractivity contribution is 0.474. The largest absolute Gasteiger partial charge is 0.507 e. The van der Waals surface area contributed by atoms with Gasteiger partial charge in [0.05, 0.1) is 15.9 Å². The highest BCUT2D eigenvalue weighted by Gasteiger charge is 2.08. The molecule has 0 aromatic heterocycles. The Morgan fingerprint density at radius 2 is 1.96 bits per heavy atom. The Bertz CT molecular complexity index is 663.